The topological polar surface area (TPSA) is 49.6 Å². The summed E-state index contributed by atoms with van der Waals surface area (Å²) in [7, 11) is 0. The van der Waals surface area contributed by atoms with Crippen molar-refractivity contribution in [3.8, 4) is 0 Å². The number of benzene rings is 1. The summed E-state index contributed by atoms with van der Waals surface area (Å²) >= 11 is 0. The number of fused-ring (bicyclic) bond motifs is 1. The number of hydrogen-bond donors (Lipinski definition) is 0. The van der Waals surface area contributed by atoms with E-state index in [1.54, 1.807) is 12.2 Å². The van der Waals surface area contributed by atoms with Gasteiger partial charge in [-0.3, -0.25) is 9.69 Å². The maximum absolute atomic E-state index is 12.3. The molecule has 0 atom stereocenters. The van der Waals surface area contributed by atoms with Gasteiger partial charge in [-0.1, -0.05) is 26.0 Å². The first-order valence-electron chi connectivity index (χ1n) is 8.17. The predicted octanol–water partition coefficient (Wildman–Crippen LogP) is 2.64. The molecule has 1 saturated heterocycles. The number of oxazole rings is 1. The average molecular weight is 313 g/mol. The zero-order chi connectivity index (χ0) is 16.2. The normalized spacial score (nSPS) is 16.7. The van der Waals surface area contributed by atoms with Gasteiger partial charge in [-0.15, -0.1) is 0 Å². The van der Waals surface area contributed by atoms with Crippen LogP contribution < -0.4 is 0 Å². The van der Waals surface area contributed by atoms with E-state index in [1.807, 2.05) is 29.2 Å². The minimum Gasteiger partial charge on any atom is -0.437 e. The fourth-order valence-electron chi connectivity index (χ4n) is 2.88. The summed E-state index contributed by atoms with van der Waals surface area (Å²) in [5, 5.41) is 0. The Bertz CT molecular complexity index is 664. The molecule has 0 bridgehead atoms. The molecule has 0 spiro atoms. The Labute approximate surface area is 136 Å². The Morgan fingerprint density at radius 2 is 2.00 bits per heavy atom. The Hall–Kier alpha value is -2.14. The maximum atomic E-state index is 12.3. The van der Waals surface area contributed by atoms with Crippen LogP contribution >= 0.6 is 0 Å². The molecule has 2 aromatic rings. The van der Waals surface area contributed by atoms with Crippen molar-refractivity contribution >= 4 is 23.1 Å². The van der Waals surface area contributed by atoms with Crippen molar-refractivity contribution in [2.45, 2.75) is 13.8 Å². The van der Waals surface area contributed by atoms with Crippen molar-refractivity contribution in [1.29, 1.82) is 0 Å². The molecule has 5 heteroatoms. The van der Waals surface area contributed by atoms with E-state index in [2.05, 4.69) is 23.7 Å². The largest absolute Gasteiger partial charge is 0.437 e. The van der Waals surface area contributed by atoms with Gasteiger partial charge in [0, 0.05) is 44.9 Å². The highest BCUT2D eigenvalue weighted by atomic mass is 16.3. The van der Waals surface area contributed by atoms with Gasteiger partial charge in [0.1, 0.15) is 5.52 Å². The maximum Gasteiger partial charge on any atom is 0.246 e. The molecule has 1 aliphatic heterocycles. The molecular weight excluding hydrogens is 290 g/mol. The zero-order valence-electron chi connectivity index (χ0n) is 13.7. The van der Waals surface area contributed by atoms with Crippen LogP contribution in [0.3, 0.4) is 0 Å². The zero-order valence-corrected chi connectivity index (χ0v) is 13.7. The summed E-state index contributed by atoms with van der Waals surface area (Å²) < 4.78 is 5.59. The fourth-order valence-corrected chi connectivity index (χ4v) is 2.88. The van der Waals surface area contributed by atoms with Gasteiger partial charge >= 0.3 is 0 Å². The van der Waals surface area contributed by atoms with Crippen LogP contribution in [0.5, 0.6) is 0 Å². The first-order valence-corrected chi connectivity index (χ1v) is 8.17. The number of amides is 1. The fraction of sp³-hybridized carbons (Fsp3) is 0.444. The van der Waals surface area contributed by atoms with Crippen molar-refractivity contribution in [3.05, 3.63) is 36.2 Å². The molecule has 1 aliphatic rings. The van der Waals surface area contributed by atoms with E-state index < -0.39 is 0 Å². The SMILES string of the molecule is CC(C)CN1CCN(C(=O)/C=C/c2nc3ccccc3o2)CC1. The number of hydrogen-bond acceptors (Lipinski definition) is 4. The van der Waals surface area contributed by atoms with Crippen molar-refractivity contribution in [2.24, 2.45) is 5.92 Å². The van der Waals surface area contributed by atoms with Crippen LogP contribution in [0.15, 0.2) is 34.8 Å². The average Bonchev–Trinajstić information content (AvgIpc) is 2.95. The third-order valence-electron chi connectivity index (χ3n) is 3.99. The Morgan fingerprint density at radius 3 is 2.70 bits per heavy atom. The van der Waals surface area contributed by atoms with E-state index in [0.29, 0.717) is 11.8 Å². The predicted molar refractivity (Wildman–Crippen MR) is 90.9 cm³/mol. The van der Waals surface area contributed by atoms with Crippen LogP contribution in [0.1, 0.15) is 19.7 Å². The lowest BCUT2D eigenvalue weighted by Crippen LogP contribution is -2.49. The van der Waals surface area contributed by atoms with Crippen LogP contribution in [0, 0.1) is 5.92 Å². The number of carbonyl (C=O) groups is 1. The summed E-state index contributed by atoms with van der Waals surface area (Å²) in [6.45, 7) is 9.00. The molecule has 1 aromatic heterocycles. The Morgan fingerprint density at radius 1 is 1.26 bits per heavy atom. The highest BCUT2D eigenvalue weighted by Gasteiger charge is 2.19. The molecule has 1 aromatic carbocycles. The summed E-state index contributed by atoms with van der Waals surface area (Å²) in [6.07, 6.45) is 3.21. The van der Waals surface area contributed by atoms with E-state index >= 15 is 0 Å². The van der Waals surface area contributed by atoms with Gasteiger partial charge in [0.15, 0.2) is 5.58 Å². The van der Waals surface area contributed by atoms with Crippen LogP contribution in [-0.2, 0) is 4.79 Å². The molecule has 122 valence electrons. The quantitative estimate of drug-likeness (QED) is 0.814. The third kappa shape index (κ3) is 3.99. The summed E-state index contributed by atoms with van der Waals surface area (Å²) in [5.74, 6) is 1.16. The molecule has 1 fully saturated rings. The molecule has 0 saturated carbocycles. The number of nitrogens with zero attached hydrogens (tertiary/aromatic N) is 3. The molecule has 0 N–H and O–H groups in total. The number of piperazine rings is 1. The van der Waals surface area contributed by atoms with E-state index in [0.717, 1.165) is 43.8 Å². The van der Waals surface area contributed by atoms with E-state index in [9.17, 15) is 4.79 Å². The number of rotatable bonds is 4. The van der Waals surface area contributed by atoms with Gasteiger partial charge in [-0.05, 0) is 18.1 Å². The first kappa shape index (κ1) is 15.7. The summed E-state index contributed by atoms with van der Waals surface area (Å²) in [4.78, 5) is 20.9. The molecule has 0 radical (unpaired) electrons. The number of para-hydroxylation sites is 2. The lowest BCUT2D eigenvalue weighted by Gasteiger charge is -2.35. The molecule has 2 heterocycles. The second-order valence-electron chi connectivity index (χ2n) is 6.37. The van der Waals surface area contributed by atoms with Crippen LogP contribution in [0.25, 0.3) is 17.2 Å². The standard InChI is InChI=1S/C18H23N3O2/c1-14(2)13-20-9-11-21(12-10-20)18(22)8-7-17-19-15-5-3-4-6-16(15)23-17/h3-8,14H,9-13H2,1-2H3/b8-7+. The van der Waals surface area contributed by atoms with Crippen LogP contribution in [0.2, 0.25) is 0 Å². The van der Waals surface area contributed by atoms with Gasteiger partial charge in [0.05, 0.1) is 0 Å². The monoisotopic (exact) mass is 313 g/mol. The smallest absolute Gasteiger partial charge is 0.246 e. The summed E-state index contributed by atoms with van der Waals surface area (Å²) in [6, 6.07) is 7.59. The van der Waals surface area contributed by atoms with Crippen molar-refractivity contribution in [2.75, 3.05) is 32.7 Å². The molecule has 5 nitrogen and oxygen atoms in total. The highest BCUT2D eigenvalue weighted by molar-refractivity contribution is 5.91. The van der Waals surface area contributed by atoms with E-state index in [1.165, 1.54) is 0 Å². The Kier molecular flexibility index (Phi) is 4.76. The van der Waals surface area contributed by atoms with Crippen molar-refractivity contribution < 1.29 is 9.21 Å². The highest BCUT2D eigenvalue weighted by Crippen LogP contribution is 2.15. The van der Waals surface area contributed by atoms with Crippen LogP contribution in [-0.4, -0.2) is 53.4 Å². The van der Waals surface area contributed by atoms with Gasteiger partial charge in [-0.2, -0.15) is 0 Å². The van der Waals surface area contributed by atoms with Crippen molar-refractivity contribution in [1.82, 2.24) is 14.8 Å². The minimum atomic E-state index is 0.0245. The lowest BCUT2D eigenvalue weighted by atomic mass is 10.2. The number of aromatic nitrogens is 1. The molecule has 23 heavy (non-hydrogen) atoms. The molecule has 0 unspecified atom stereocenters. The van der Waals surface area contributed by atoms with Gasteiger partial charge < -0.3 is 9.32 Å². The van der Waals surface area contributed by atoms with Crippen LogP contribution in [0.4, 0.5) is 0 Å². The van der Waals surface area contributed by atoms with E-state index in [-0.39, 0.29) is 5.91 Å². The molecule has 1 amide bonds. The lowest BCUT2D eigenvalue weighted by molar-refractivity contribution is -0.127. The molecule has 0 aliphatic carbocycles. The third-order valence-corrected chi connectivity index (χ3v) is 3.99. The second-order valence-corrected chi connectivity index (χ2v) is 6.37. The van der Waals surface area contributed by atoms with Gasteiger partial charge in [-0.25, -0.2) is 4.98 Å². The second kappa shape index (κ2) is 6.96. The Balaban J connectivity index is 1.57. The first-order chi connectivity index (χ1) is 11.1. The summed E-state index contributed by atoms with van der Waals surface area (Å²) in [5.41, 5.74) is 1.55. The number of carbonyl (C=O) groups excluding carboxylic acids is 1. The molecule has 3 rings (SSSR count). The van der Waals surface area contributed by atoms with Gasteiger partial charge in [0.25, 0.3) is 0 Å². The van der Waals surface area contributed by atoms with Gasteiger partial charge in [0.2, 0.25) is 11.8 Å². The molecular formula is C18H23N3O2. The van der Waals surface area contributed by atoms with Crippen molar-refractivity contribution in [3.63, 3.8) is 0 Å². The minimum absolute atomic E-state index is 0.0245. The van der Waals surface area contributed by atoms with E-state index in [4.69, 9.17) is 4.42 Å².